The average Bonchev–Trinajstić information content (AvgIpc) is 3.01. The Morgan fingerprint density at radius 3 is 2.77 bits per heavy atom. The number of aromatic nitrogens is 4. The van der Waals surface area contributed by atoms with Crippen LogP contribution >= 0.6 is 24.0 Å². The van der Waals surface area contributed by atoms with E-state index in [9.17, 15) is 4.79 Å². The molecule has 1 fully saturated rings. The normalized spacial score (nSPS) is 20.3. The number of hydrogen-bond donors (Lipinski definition) is 1. The molecular formula is C17H24N5O2S2+. The molecule has 1 unspecified atom stereocenters. The zero-order valence-corrected chi connectivity index (χ0v) is 16.8. The number of tetrazole rings is 1. The lowest BCUT2D eigenvalue weighted by molar-refractivity contribution is -0.921. The van der Waals surface area contributed by atoms with Crippen LogP contribution in [0.5, 0.6) is 0 Å². The highest BCUT2D eigenvalue weighted by atomic mass is 32.2. The van der Waals surface area contributed by atoms with Gasteiger partial charge in [-0.2, -0.15) is 9.36 Å². The van der Waals surface area contributed by atoms with Crippen molar-refractivity contribution >= 4 is 29.9 Å². The molecular weight excluding hydrogens is 370 g/mol. The maximum atomic E-state index is 11.8. The van der Waals surface area contributed by atoms with Crippen molar-refractivity contribution < 1.29 is 14.4 Å². The molecule has 2 heterocycles. The Morgan fingerprint density at radius 1 is 1.38 bits per heavy atom. The third-order valence-electron chi connectivity index (χ3n) is 4.53. The largest absolute Gasteiger partial charge is 0.468 e. The third kappa shape index (κ3) is 4.16. The summed E-state index contributed by atoms with van der Waals surface area (Å²) in [6.45, 7) is 6.58. The topological polar surface area (TPSA) is 66.4 Å². The zero-order chi connectivity index (χ0) is 18.7. The van der Waals surface area contributed by atoms with Crippen molar-refractivity contribution in [2.75, 3.05) is 26.0 Å². The number of quaternary nitrogens is 1. The van der Waals surface area contributed by atoms with Gasteiger partial charge < -0.3 is 9.64 Å². The Bertz CT molecular complexity index is 815. The molecule has 3 rings (SSSR count). The first kappa shape index (κ1) is 19.1. The van der Waals surface area contributed by atoms with Crippen molar-refractivity contribution in [3.8, 4) is 5.69 Å². The van der Waals surface area contributed by atoms with E-state index in [1.807, 2.05) is 12.1 Å². The van der Waals surface area contributed by atoms with Crippen molar-refractivity contribution in [3.05, 3.63) is 34.6 Å². The van der Waals surface area contributed by atoms with Crippen LogP contribution in [0.15, 0.2) is 24.3 Å². The van der Waals surface area contributed by atoms with Crippen LogP contribution in [0.3, 0.4) is 0 Å². The number of carbonyl (C=O) groups excluding carboxylic acids is 1. The van der Waals surface area contributed by atoms with Crippen molar-refractivity contribution in [2.45, 2.75) is 31.7 Å². The van der Waals surface area contributed by atoms with Gasteiger partial charge in [-0.05, 0) is 46.3 Å². The fourth-order valence-electron chi connectivity index (χ4n) is 2.94. The van der Waals surface area contributed by atoms with Crippen molar-refractivity contribution in [3.63, 3.8) is 0 Å². The molecule has 1 aromatic heterocycles. The highest BCUT2D eigenvalue weighted by Gasteiger charge is 2.30. The molecule has 0 saturated carbocycles. The molecule has 2 atom stereocenters. The number of ether oxygens (including phenoxy) is 1. The van der Waals surface area contributed by atoms with Gasteiger partial charge >= 0.3 is 5.97 Å². The van der Waals surface area contributed by atoms with E-state index < -0.39 is 0 Å². The molecule has 140 valence electrons. The number of methoxy groups -OCH3 is 1. The number of benzene rings is 1. The SMILES string of the molecule is COC(=O)[C@H]1C[NH+](Cn2nnn(-c3ccc(C(C)C)cc3)c2=S)CCS1. The predicted molar refractivity (Wildman–Crippen MR) is 103 cm³/mol. The minimum absolute atomic E-state index is 0.128. The Labute approximate surface area is 162 Å². The number of carbonyl (C=O) groups is 1. The van der Waals surface area contributed by atoms with Crippen molar-refractivity contribution in [1.82, 2.24) is 19.8 Å². The van der Waals surface area contributed by atoms with Gasteiger partial charge in [0.15, 0.2) is 11.9 Å². The standard InChI is InChI=1S/C17H23N5O2S2/c1-12(2)13-4-6-14(7-5-13)22-17(25)21(18-19-22)11-20-8-9-26-15(10-20)16(23)24-3/h4-7,12,15H,8-11H2,1-3H3/p+1/t15-/m1/s1. The van der Waals surface area contributed by atoms with Crippen LogP contribution in [0.25, 0.3) is 5.69 Å². The van der Waals surface area contributed by atoms with E-state index in [1.165, 1.54) is 17.6 Å². The Kier molecular flexibility index (Phi) is 6.10. The van der Waals surface area contributed by atoms with Crippen LogP contribution < -0.4 is 4.90 Å². The van der Waals surface area contributed by atoms with Gasteiger partial charge in [-0.1, -0.05) is 26.0 Å². The molecule has 7 nitrogen and oxygen atoms in total. The first-order chi connectivity index (χ1) is 12.5. The van der Waals surface area contributed by atoms with Gasteiger partial charge in [0, 0.05) is 5.75 Å². The first-order valence-electron chi connectivity index (χ1n) is 8.65. The molecule has 0 aliphatic carbocycles. The molecule has 0 spiro atoms. The molecule has 0 radical (unpaired) electrons. The maximum absolute atomic E-state index is 11.8. The van der Waals surface area contributed by atoms with Crippen LogP contribution in [-0.2, 0) is 16.2 Å². The van der Waals surface area contributed by atoms with E-state index in [-0.39, 0.29) is 11.2 Å². The zero-order valence-electron chi connectivity index (χ0n) is 15.2. The van der Waals surface area contributed by atoms with Crippen LogP contribution in [0, 0.1) is 4.77 Å². The number of nitrogens with zero attached hydrogens (tertiary/aromatic N) is 4. The molecule has 1 aliphatic rings. The highest BCUT2D eigenvalue weighted by Crippen LogP contribution is 2.16. The Morgan fingerprint density at radius 2 is 2.12 bits per heavy atom. The van der Waals surface area contributed by atoms with Crippen LogP contribution in [0.1, 0.15) is 25.3 Å². The number of rotatable bonds is 5. The van der Waals surface area contributed by atoms with Gasteiger partial charge in [-0.3, -0.25) is 4.79 Å². The maximum Gasteiger partial charge on any atom is 0.324 e. The van der Waals surface area contributed by atoms with Gasteiger partial charge in [-0.15, -0.1) is 11.8 Å². The van der Waals surface area contributed by atoms with Gasteiger partial charge in [0.25, 0.3) is 0 Å². The van der Waals surface area contributed by atoms with E-state index in [0.29, 0.717) is 23.9 Å². The second kappa shape index (κ2) is 8.32. The summed E-state index contributed by atoms with van der Waals surface area (Å²) in [4.78, 5) is 13.0. The highest BCUT2D eigenvalue weighted by molar-refractivity contribution is 8.00. The molecule has 26 heavy (non-hydrogen) atoms. The summed E-state index contributed by atoms with van der Waals surface area (Å²) in [7, 11) is 1.43. The summed E-state index contributed by atoms with van der Waals surface area (Å²) in [5.41, 5.74) is 2.18. The summed E-state index contributed by atoms with van der Waals surface area (Å²) in [5.74, 6) is 1.23. The first-order valence-corrected chi connectivity index (χ1v) is 10.1. The second-order valence-corrected chi connectivity index (χ2v) is 8.34. The predicted octanol–water partition coefficient (Wildman–Crippen LogP) is 1.05. The van der Waals surface area contributed by atoms with Gasteiger partial charge in [0.2, 0.25) is 4.77 Å². The smallest absolute Gasteiger partial charge is 0.324 e. The van der Waals surface area contributed by atoms with Crippen molar-refractivity contribution in [1.29, 1.82) is 0 Å². The molecule has 0 bridgehead atoms. The van der Waals surface area contributed by atoms with E-state index in [1.54, 1.807) is 21.1 Å². The van der Waals surface area contributed by atoms with Gasteiger partial charge in [-0.25, -0.2) is 0 Å². The molecule has 0 amide bonds. The molecule has 1 N–H and O–H groups in total. The summed E-state index contributed by atoms with van der Waals surface area (Å²) in [5, 5.41) is 8.30. The Hall–Kier alpha value is -1.71. The van der Waals surface area contributed by atoms with E-state index in [0.717, 1.165) is 18.0 Å². The molecule has 1 aliphatic heterocycles. The lowest BCUT2D eigenvalue weighted by Gasteiger charge is -2.27. The lowest BCUT2D eigenvalue weighted by Crippen LogP contribution is -3.14. The summed E-state index contributed by atoms with van der Waals surface area (Å²) in [6, 6.07) is 8.22. The second-order valence-electron chi connectivity index (χ2n) is 6.66. The van der Waals surface area contributed by atoms with Crippen LogP contribution in [-0.4, -0.2) is 57.0 Å². The number of nitrogens with one attached hydrogen (secondary N) is 1. The van der Waals surface area contributed by atoms with Crippen LogP contribution in [0.4, 0.5) is 0 Å². The number of esters is 1. The monoisotopic (exact) mass is 394 g/mol. The molecule has 1 aromatic carbocycles. The Balaban J connectivity index is 1.73. The number of hydrogen-bond acceptors (Lipinski definition) is 6. The van der Waals surface area contributed by atoms with Gasteiger partial charge in [0.05, 0.1) is 19.3 Å². The van der Waals surface area contributed by atoms with Gasteiger partial charge in [0.1, 0.15) is 6.54 Å². The summed E-state index contributed by atoms with van der Waals surface area (Å²) < 4.78 is 8.83. The van der Waals surface area contributed by atoms with Crippen LogP contribution in [0.2, 0.25) is 0 Å². The fraction of sp³-hybridized carbons (Fsp3) is 0.529. The average molecular weight is 395 g/mol. The molecule has 2 aromatic rings. The number of thioether (sulfide) groups is 1. The summed E-state index contributed by atoms with van der Waals surface area (Å²) >= 11 is 7.20. The van der Waals surface area contributed by atoms with E-state index >= 15 is 0 Å². The minimum atomic E-state index is -0.162. The summed E-state index contributed by atoms with van der Waals surface area (Å²) in [6.07, 6.45) is 0. The fourth-order valence-corrected chi connectivity index (χ4v) is 4.46. The van der Waals surface area contributed by atoms with Crippen molar-refractivity contribution in [2.24, 2.45) is 0 Å². The minimum Gasteiger partial charge on any atom is -0.468 e. The third-order valence-corrected chi connectivity index (χ3v) is 6.11. The molecule has 1 saturated heterocycles. The quantitative estimate of drug-likeness (QED) is 0.604. The molecule has 9 heteroatoms. The lowest BCUT2D eigenvalue weighted by atomic mass is 10.0. The van der Waals surface area contributed by atoms with E-state index in [4.69, 9.17) is 17.0 Å². The van der Waals surface area contributed by atoms with E-state index in [2.05, 4.69) is 36.4 Å².